The fourth-order valence-corrected chi connectivity index (χ4v) is 2.18. The van der Waals surface area contributed by atoms with Gasteiger partial charge in [-0.3, -0.25) is 4.79 Å². The molecule has 14 heavy (non-hydrogen) atoms. The molecule has 3 heteroatoms. The molecule has 0 saturated carbocycles. The zero-order valence-electron chi connectivity index (χ0n) is 8.29. The van der Waals surface area contributed by atoms with Gasteiger partial charge in [0.15, 0.2) is 5.78 Å². The van der Waals surface area contributed by atoms with Gasteiger partial charge in [0.2, 0.25) is 0 Å². The number of Topliss-reactive ketones (excluding diaryl/α,β-unsaturated/α-hetero) is 1. The van der Waals surface area contributed by atoms with E-state index >= 15 is 0 Å². The van der Waals surface area contributed by atoms with Crippen LogP contribution < -0.4 is 0 Å². The molecule has 2 aliphatic rings. The van der Waals surface area contributed by atoms with E-state index in [1.807, 2.05) is 0 Å². The fraction of sp³-hybridized carbons (Fsp3) is 0.727. The Morgan fingerprint density at radius 3 is 2.71 bits per heavy atom. The van der Waals surface area contributed by atoms with Crippen molar-refractivity contribution >= 4 is 5.78 Å². The van der Waals surface area contributed by atoms with E-state index in [2.05, 4.69) is 0 Å². The van der Waals surface area contributed by atoms with E-state index < -0.39 is 0 Å². The van der Waals surface area contributed by atoms with Crippen molar-refractivity contribution in [1.82, 2.24) is 0 Å². The summed E-state index contributed by atoms with van der Waals surface area (Å²) >= 11 is 0. The fourth-order valence-electron chi connectivity index (χ4n) is 2.18. The Kier molecular flexibility index (Phi) is 2.87. The van der Waals surface area contributed by atoms with E-state index in [0.29, 0.717) is 25.0 Å². The standard InChI is InChI=1S/C11H16O3/c12-8-4-3-5-9(13)11(8)10-6-1-2-7-14-10/h10,12H,1-7H2. The lowest BCUT2D eigenvalue weighted by Crippen LogP contribution is -2.28. The third-order valence-electron chi connectivity index (χ3n) is 2.93. The molecule has 1 atom stereocenters. The maximum absolute atomic E-state index is 11.6. The molecule has 0 spiro atoms. The molecular formula is C11H16O3. The number of aliphatic hydroxyl groups is 1. The second-order valence-corrected chi connectivity index (χ2v) is 3.99. The normalized spacial score (nSPS) is 29.4. The van der Waals surface area contributed by atoms with Crippen molar-refractivity contribution in [1.29, 1.82) is 0 Å². The molecule has 2 rings (SSSR count). The molecule has 1 aliphatic heterocycles. The summed E-state index contributed by atoms with van der Waals surface area (Å²) in [5.41, 5.74) is 0.566. The van der Waals surface area contributed by atoms with Gasteiger partial charge in [0, 0.05) is 19.4 Å². The molecule has 3 nitrogen and oxygen atoms in total. The van der Waals surface area contributed by atoms with Gasteiger partial charge in [0.25, 0.3) is 0 Å². The highest BCUT2D eigenvalue weighted by atomic mass is 16.5. The molecule has 0 amide bonds. The van der Waals surface area contributed by atoms with Crippen LogP contribution in [0.2, 0.25) is 0 Å². The number of rotatable bonds is 1. The van der Waals surface area contributed by atoms with Crippen molar-refractivity contribution in [2.75, 3.05) is 6.61 Å². The van der Waals surface area contributed by atoms with Gasteiger partial charge in [-0.2, -0.15) is 0 Å². The second kappa shape index (κ2) is 4.13. The molecule has 1 aliphatic carbocycles. The average molecular weight is 196 g/mol. The summed E-state index contributed by atoms with van der Waals surface area (Å²) in [7, 11) is 0. The molecule has 0 bridgehead atoms. The summed E-state index contributed by atoms with van der Waals surface area (Å²) in [4.78, 5) is 11.6. The minimum absolute atomic E-state index is 0.0839. The van der Waals surface area contributed by atoms with Crippen LogP contribution in [0.4, 0.5) is 0 Å². The van der Waals surface area contributed by atoms with Gasteiger partial charge < -0.3 is 9.84 Å². The maximum Gasteiger partial charge on any atom is 0.164 e. The summed E-state index contributed by atoms with van der Waals surface area (Å²) in [5.74, 6) is 0.355. The van der Waals surface area contributed by atoms with Gasteiger partial charge in [-0.1, -0.05) is 0 Å². The Morgan fingerprint density at radius 1 is 1.21 bits per heavy atom. The molecule has 1 fully saturated rings. The lowest BCUT2D eigenvalue weighted by Gasteiger charge is -2.27. The molecule has 0 radical (unpaired) electrons. The van der Waals surface area contributed by atoms with Gasteiger partial charge in [0.1, 0.15) is 5.76 Å². The van der Waals surface area contributed by atoms with Crippen LogP contribution in [0.3, 0.4) is 0 Å². The van der Waals surface area contributed by atoms with Crippen LogP contribution in [0.15, 0.2) is 11.3 Å². The predicted octanol–water partition coefficient (Wildman–Crippen LogP) is 2.12. The van der Waals surface area contributed by atoms with E-state index in [1.54, 1.807) is 0 Å². The summed E-state index contributed by atoms with van der Waals surface area (Å²) in [5, 5.41) is 9.67. The predicted molar refractivity (Wildman–Crippen MR) is 52.1 cm³/mol. The Labute approximate surface area is 83.8 Å². The smallest absolute Gasteiger partial charge is 0.164 e. The number of carbonyl (C=O) groups is 1. The number of hydrogen-bond acceptors (Lipinski definition) is 3. The van der Waals surface area contributed by atoms with E-state index in [0.717, 1.165) is 25.7 Å². The highest BCUT2D eigenvalue weighted by Crippen LogP contribution is 2.28. The number of ketones is 1. The second-order valence-electron chi connectivity index (χ2n) is 3.99. The van der Waals surface area contributed by atoms with Crippen LogP contribution in [0, 0.1) is 0 Å². The first kappa shape index (κ1) is 9.71. The molecule has 1 N–H and O–H groups in total. The van der Waals surface area contributed by atoms with Crippen molar-refractivity contribution in [3.63, 3.8) is 0 Å². The van der Waals surface area contributed by atoms with Crippen molar-refractivity contribution < 1.29 is 14.6 Å². The molecule has 78 valence electrons. The van der Waals surface area contributed by atoms with Crippen LogP contribution in [0.5, 0.6) is 0 Å². The largest absolute Gasteiger partial charge is 0.512 e. The van der Waals surface area contributed by atoms with Crippen LogP contribution >= 0.6 is 0 Å². The van der Waals surface area contributed by atoms with Crippen molar-refractivity contribution in [2.24, 2.45) is 0 Å². The van der Waals surface area contributed by atoms with E-state index in [-0.39, 0.29) is 17.6 Å². The van der Waals surface area contributed by atoms with Crippen molar-refractivity contribution in [2.45, 2.75) is 44.6 Å². The minimum Gasteiger partial charge on any atom is -0.512 e. The zero-order valence-corrected chi connectivity index (χ0v) is 8.29. The van der Waals surface area contributed by atoms with Crippen molar-refractivity contribution in [3.8, 4) is 0 Å². The van der Waals surface area contributed by atoms with Gasteiger partial charge in [-0.15, -0.1) is 0 Å². The summed E-state index contributed by atoms with van der Waals surface area (Å²) in [6, 6.07) is 0. The van der Waals surface area contributed by atoms with E-state index in [9.17, 15) is 9.90 Å². The van der Waals surface area contributed by atoms with Crippen LogP contribution in [-0.4, -0.2) is 23.6 Å². The van der Waals surface area contributed by atoms with Crippen LogP contribution in [-0.2, 0) is 9.53 Å². The summed E-state index contributed by atoms with van der Waals surface area (Å²) in [6.45, 7) is 0.717. The summed E-state index contributed by atoms with van der Waals surface area (Å²) < 4.78 is 5.52. The monoisotopic (exact) mass is 196 g/mol. The first-order valence-electron chi connectivity index (χ1n) is 5.36. The van der Waals surface area contributed by atoms with Crippen LogP contribution in [0.25, 0.3) is 0 Å². The average Bonchev–Trinajstić information content (AvgIpc) is 2.19. The topological polar surface area (TPSA) is 46.5 Å². The number of hydrogen-bond donors (Lipinski definition) is 1. The number of aliphatic hydroxyl groups excluding tert-OH is 1. The van der Waals surface area contributed by atoms with E-state index in [4.69, 9.17) is 4.74 Å². The molecule has 0 aromatic heterocycles. The Balaban J connectivity index is 2.16. The minimum atomic E-state index is -0.128. The quantitative estimate of drug-likeness (QED) is 0.698. The summed E-state index contributed by atoms with van der Waals surface area (Å²) in [6.07, 6.45) is 4.90. The highest BCUT2D eigenvalue weighted by Gasteiger charge is 2.29. The van der Waals surface area contributed by atoms with Gasteiger partial charge in [-0.25, -0.2) is 0 Å². The Hall–Kier alpha value is -0.830. The first-order valence-corrected chi connectivity index (χ1v) is 5.36. The molecule has 1 unspecified atom stereocenters. The Morgan fingerprint density at radius 2 is 2.07 bits per heavy atom. The maximum atomic E-state index is 11.6. The van der Waals surface area contributed by atoms with Gasteiger partial charge >= 0.3 is 0 Å². The SMILES string of the molecule is O=C1CCCC(O)=C1C1CCCCO1. The van der Waals surface area contributed by atoms with Crippen molar-refractivity contribution in [3.05, 3.63) is 11.3 Å². The lowest BCUT2D eigenvalue weighted by atomic mass is 9.89. The van der Waals surface area contributed by atoms with E-state index in [1.165, 1.54) is 0 Å². The molecular weight excluding hydrogens is 180 g/mol. The molecule has 1 heterocycles. The zero-order chi connectivity index (χ0) is 9.97. The lowest BCUT2D eigenvalue weighted by molar-refractivity contribution is -0.118. The number of ether oxygens (including phenoxy) is 1. The van der Waals surface area contributed by atoms with Gasteiger partial charge in [0.05, 0.1) is 11.7 Å². The first-order chi connectivity index (χ1) is 6.79. The number of allylic oxidation sites excluding steroid dienone is 1. The number of carbonyl (C=O) groups excluding carboxylic acids is 1. The molecule has 1 saturated heterocycles. The van der Waals surface area contributed by atoms with Gasteiger partial charge in [-0.05, 0) is 25.7 Å². The third kappa shape index (κ3) is 1.82. The Bertz CT molecular complexity index is 262. The molecule has 0 aromatic carbocycles. The highest BCUT2D eigenvalue weighted by molar-refractivity contribution is 5.97. The molecule has 0 aromatic rings. The van der Waals surface area contributed by atoms with Crippen LogP contribution in [0.1, 0.15) is 38.5 Å². The third-order valence-corrected chi connectivity index (χ3v) is 2.93.